The second-order valence-electron chi connectivity index (χ2n) is 2.87. The van der Waals surface area contributed by atoms with Gasteiger partial charge in [0, 0.05) is 12.1 Å². The number of nitrogens with zero attached hydrogens (tertiary/aromatic N) is 1. The summed E-state index contributed by atoms with van der Waals surface area (Å²) in [5, 5.41) is 10.3. The molecule has 1 aromatic carbocycles. The van der Waals surface area contributed by atoms with E-state index in [1.54, 1.807) is 18.2 Å². The van der Waals surface area contributed by atoms with Crippen LogP contribution in [0.2, 0.25) is 0 Å². The zero-order chi connectivity index (χ0) is 9.84. The molecule has 1 aromatic rings. The third-order valence-electron chi connectivity index (χ3n) is 1.98. The Morgan fingerprint density at radius 3 is 2.38 bits per heavy atom. The van der Waals surface area contributed by atoms with E-state index in [2.05, 4.69) is 6.58 Å². The summed E-state index contributed by atoms with van der Waals surface area (Å²) < 4.78 is 0. The van der Waals surface area contributed by atoms with E-state index < -0.39 is 4.92 Å². The standard InChI is InChI=1S/C10H11NO2/c1-3-8(2)9-4-6-10(7-5-9)11(12)13/h3-8H,1H2,2H3. The van der Waals surface area contributed by atoms with E-state index in [9.17, 15) is 10.1 Å². The minimum Gasteiger partial charge on any atom is -0.258 e. The molecule has 68 valence electrons. The van der Waals surface area contributed by atoms with Crippen LogP contribution in [-0.4, -0.2) is 4.92 Å². The Morgan fingerprint density at radius 2 is 2.00 bits per heavy atom. The minimum atomic E-state index is -0.400. The first-order valence-corrected chi connectivity index (χ1v) is 4.02. The molecule has 0 aliphatic carbocycles. The van der Waals surface area contributed by atoms with Crippen LogP contribution in [-0.2, 0) is 0 Å². The van der Waals surface area contributed by atoms with Crippen molar-refractivity contribution in [2.45, 2.75) is 12.8 Å². The van der Waals surface area contributed by atoms with Gasteiger partial charge in [0.25, 0.3) is 5.69 Å². The van der Waals surface area contributed by atoms with E-state index >= 15 is 0 Å². The Morgan fingerprint density at radius 1 is 1.46 bits per heavy atom. The first-order chi connectivity index (χ1) is 6.15. The Balaban J connectivity index is 2.93. The first-order valence-electron chi connectivity index (χ1n) is 4.02. The minimum absolute atomic E-state index is 0.125. The maximum Gasteiger partial charge on any atom is 0.269 e. The summed E-state index contributed by atoms with van der Waals surface area (Å²) in [6.07, 6.45) is 1.81. The molecule has 0 fully saturated rings. The zero-order valence-corrected chi connectivity index (χ0v) is 7.43. The molecule has 0 bridgehead atoms. The predicted octanol–water partition coefficient (Wildman–Crippen LogP) is 2.88. The Bertz CT molecular complexity index is 316. The van der Waals surface area contributed by atoms with Crippen LogP contribution in [0.25, 0.3) is 0 Å². The predicted molar refractivity (Wildman–Crippen MR) is 51.7 cm³/mol. The van der Waals surface area contributed by atoms with Crippen molar-refractivity contribution in [2.24, 2.45) is 0 Å². The van der Waals surface area contributed by atoms with E-state index in [1.165, 1.54) is 12.1 Å². The van der Waals surface area contributed by atoms with Crippen LogP contribution in [0.5, 0.6) is 0 Å². The van der Waals surface area contributed by atoms with Crippen LogP contribution in [0, 0.1) is 10.1 Å². The first kappa shape index (κ1) is 9.45. The lowest BCUT2D eigenvalue weighted by Gasteiger charge is -2.04. The van der Waals surface area contributed by atoms with Crippen molar-refractivity contribution in [1.82, 2.24) is 0 Å². The lowest BCUT2D eigenvalue weighted by atomic mass is 10.0. The van der Waals surface area contributed by atoms with Crippen molar-refractivity contribution in [3.8, 4) is 0 Å². The van der Waals surface area contributed by atoms with Crippen LogP contribution < -0.4 is 0 Å². The lowest BCUT2D eigenvalue weighted by Crippen LogP contribution is -1.91. The molecule has 0 heterocycles. The molecule has 0 saturated heterocycles. The van der Waals surface area contributed by atoms with Crippen LogP contribution in [0.15, 0.2) is 36.9 Å². The fourth-order valence-electron chi connectivity index (χ4n) is 1.04. The summed E-state index contributed by atoms with van der Waals surface area (Å²) in [6.45, 7) is 5.65. The molecule has 0 saturated carbocycles. The topological polar surface area (TPSA) is 43.1 Å². The van der Waals surface area contributed by atoms with Gasteiger partial charge in [-0.05, 0) is 11.5 Å². The van der Waals surface area contributed by atoms with Gasteiger partial charge < -0.3 is 0 Å². The molecule has 1 rings (SSSR count). The monoisotopic (exact) mass is 177 g/mol. The van der Waals surface area contributed by atoms with Gasteiger partial charge in [-0.25, -0.2) is 0 Å². The second kappa shape index (κ2) is 3.85. The summed E-state index contributed by atoms with van der Waals surface area (Å²) in [7, 11) is 0. The molecule has 1 unspecified atom stereocenters. The summed E-state index contributed by atoms with van der Waals surface area (Å²) in [5.74, 6) is 0.237. The summed E-state index contributed by atoms with van der Waals surface area (Å²) in [4.78, 5) is 9.94. The van der Waals surface area contributed by atoms with E-state index in [0.717, 1.165) is 5.56 Å². The number of rotatable bonds is 3. The number of nitro benzene ring substituents is 1. The van der Waals surface area contributed by atoms with Gasteiger partial charge in [-0.2, -0.15) is 0 Å². The van der Waals surface area contributed by atoms with Gasteiger partial charge in [0.05, 0.1) is 4.92 Å². The third-order valence-corrected chi connectivity index (χ3v) is 1.98. The van der Waals surface area contributed by atoms with Crippen LogP contribution >= 0.6 is 0 Å². The normalized spacial score (nSPS) is 12.1. The van der Waals surface area contributed by atoms with Gasteiger partial charge in [0.1, 0.15) is 0 Å². The Kier molecular flexibility index (Phi) is 2.80. The molecule has 0 aliphatic rings. The molecule has 0 aromatic heterocycles. The molecule has 3 heteroatoms. The molecule has 0 N–H and O–H groups in total. The molecular formula is C10H11NO2. The van der Waals surface area contributed by atoms with Gasteiger partial charge in [-0.3, -0.25) is 10.1 Å². The van der Waals surface area contributed by atoms with Crippen LogP contribution in [0.1, 0.15) is 18.4 Å². The number of hydrogen-bond acceptors (Lipinski definition) is 2. The summed E-state index contributed by atoms with van der Waals surface area (Å²) in [6, 6.07) is 6.53. The van der Waals surface area contributed by atoms with Crippen LogP contribution in [0.3, 0.4) is 0 Å². The number of hydrogen-bond donors (Lipinski definition) is 0. The van der Waals surface area contributed by atoms with Crippen molar-refractivity contribution < 1.29 is 4.92 Å². The Hall–Kier alpha value is -1.64. The smallest absolute Gasteiger partial charge is 0.258 e. The van der Waals surface area contributed by atoms with E-state index in [-0.39, 0.29) is 11.6 Å². The fraction of sp³-hybridized carbons (Fsp3) is 0.200. The molecular weight excluding hydrogens is 166 g/mol. The molecule has 1 atom stereocenters. The maximum atomic E-state index is 10.3. The fourth-order valence-corrected chi connectivity index (χ4v) is 1.04. The number of allylic oxidation sites excluding steroid dienone is 1. The largest absolute Gasteiger partial charge is 0.269 e. The molecule has 0 amide bonds. The number of non-ortho nitro benzene ring substituents is 1. The van der Waals surface area contributed by atoms with E-state index in [0.29, 0.717) is 0 Å². The van der Waals surface area contributed by atoms with Gasteiger partial charge >= 0.3 is 0 Å². The number of nitro groups is 1. The number of benzene rings is 1. The van der Waals surface area contributed by atoms with Crippen molar-refractivity contribution in [3.63, 3.8) is 0 Å². The molecule has 0 aliphatic heterocycles. The van der Waals surface area contributed by atoms with Gasteiger partial charge in [0.2, 0.25) is 0 Å². The quantitative estimate of drug-likeness (QED) is 0.404. The lowest BCUT2D eigenvalue weighted by molar-refractivity contribution is -0.384. The second-order valence-corrected chi connectivity index (χ2v) is 2.87. The average Bonchev–Trinajstić information content (AvgIpc) is 2.17. The van der Waals surface area contributed by atoms with Gasteiger partial charge in [0.15, 0.2) is 0 Å². The van der Waals surface area contributed by atoms with Gasteiger partial charge in [-0.1, -0.05) is 25.1 Å². The van der Waals surface area contributed by atoms with Crippen molar-refractivity contribution in [2.75, 3.05) is 0 Å². The highest BCUT2D eigenvalue weighted by molar-refractivity contribution is 5.35. The van der Waals surface area contributed by atoms with Crippen molar-refractivity contribution in [1.29, 1.82) is 0 Å². The maximum absolute atomic E-state index is 10.3. The highest BCUT2D eigenvalue weighted by Gasteiger charge is 2.05. The SMILES string of the molecule is C=CC(C)c1ccc([N+](=O)[O-])cc1. The summed E-state index contributed by atoms with van der Waals surface area (Å²) in [5.41, 5.74) is 1.17. The van der Waals surface area contributed by atoms with Crippen molar-refractivity contribution in [3.05, 3.63) is 52.6 Å². The molecule has 0 radical (unpaired) electrons. The third kappa shape index (κ3) is 2.15. The zero-order valence-electron chi connectivity index (χ0n) is 7.43. The van der Waals surface area contributed by atoms with Crippen molar-refractivity contribution >= 4 is 5.69 Å². The van der Waals surface area contributed by atoms with E-state index in [1.807, 2.05) is 6.92 Å². The highest BCUT2D eigenvalue weighted by Crippen LogP contribution is 2.19. The van der Waals surface area contributed by atoms with Gasteiger partial charge in [-0.15, -0.1) is 6.58 Å². The van der Waals surface area contributed by atoms with Crippen LogP contribution in [0.4, 0.5) is 5.69 Å². The molecule has 13 heavy (non-hydrogen) atoms. The van der Waals surface area contributed by atoms with E-state index in [4.69, 9.17) is 0 Å². The average molecular weight is 177 g/mol. The molecule has 3 nitrogen and oxygen atoms in total. The summed E-state index contributed by atoms with van der Waals surface area (Å²) >= 11 is 0. The molecule has 0 spiro atoms. The highest BCUT2D eigenvalue weighted by atomic mass is 16.6. The Labute approximate surface area is 76.9 Å².